The number of hydrogen-bond donors (Lipinski definition) is 1. The monoisotopic (exact) mass is 472 g/mol. The lowest BCUT2D eigenvalue weighted by Gasteiger charge is -2.33. The molecule has 0 spiro atoms. The zero-order valence-corrected chi connectivity index (χ0v) is 20.0. The molecule has 1 aromatic carbocycles. The second-order valence-electron chi connectivity index (χ2n) is 9.17. The van der Waals surface area contributed by atoms with Gasteiger partial charge in [0.2, 0.25) is 0 Å². The molecule has 1 amide bonds. The molecule has 11 heteroatoms. The smallest absolute Gasteiger partial charge is 0.410 e. The van der Waals surface area contributed by atoms with Crippen LogP contribution in [0.25, 0.3) is 16.7 Å². The van der Waals surface area contributed by atoms with E-state index in [1.165, 1.54) is 12.6 Å². The van der Waals surface area contributed by atoms with Gasteiger partial charge in [-0.15, -0.1) is 0 Å². The molecule has 1 N–H and O–H groups in total. The first-order valence-electron chi connectivity index (χ1n) is 10.7. The fourth-order valence-corrected chi connectivity index (χ4v) is 4.34. The van der Waals surface area contributed by atoms with Gasteiger partial charge < -0.3 is 15.0 Å². The topological polar surface area (TPSA) is 119 Å². The predicted octanol–water partition coefficient (Wildman–Crippen LogP) is 3.03. The zero-order valence-electron chi connectivity index (χ0n) is 19.1. The molecule has 0 radical (unpaired) electrons. The summed E-state index contributed by atoms with van der Waals surface area (Å²) in [6.45, 7) is 6.79. The van der Waals surface area contributed by atoms with Crippen LogP contribution in [0.1, 0.15) is 33.6 Å². The summed E-state index contributed by atoms with van der Waals surface area (Å²) in [6.07, 6.45) is 5.60. The summed E-state index contributed by atoms with van der Waals surface area (Å²) in [5.41, 5.74) is 0.808. The van der Waals surface area contributed by atoms with Crippen LogP contribution in [0, 0.1) is 0 Å². The van der Waals surface area contributed by atoms with E-state index in [1.807, 2.05) is 20.8 Å². The van der Waals surface area contributed by atoms with Crippen LogP contribution in [0.15, 0.2) is 41.7 Å². The first-order chi connectivity index (χ1) is 15.5. The third-order valence-corrected chi connectivity index (χ3v) is 6.49. The Morgan fingerprint density at radius 2 is 1.79 bits per heavy atom. The van der Waals surface area contributed by atoms with Crippen molar-refractivity contribution in [2.24, 2.45) is 0 Å². The molecule has 2 aromatic heterocycles. The maximum absolute atomic E-state index is 12.3. The number of nitrogens with zero attached hydrogens (tertiary/aromatic N) is 5. The number of hydrogen-bond acceptors (Lipinski definition) is 8. The molecule has 0 aliphatic carbocycles. The van der Waals surface area contributed by atoms with E-state index in [0.717, 1.165) is 18.2 Å². The summed E-state index contributed by atoms with van der Waals surface area (Å²) in [5, 5.41) is 8.66. The fraction of sp³-hybridized carbons (Fsp3) is 0.455. The lowest BCUT2D eigenvalue weighted by atomic mass is 10.1. The van der Waals surface area contributed by atoms with E-state index in [1.54, 1.807) is 40.0 Å². The van der Waals surface area contributed by atoms with Gasteiger partial charge in [0, 0.05) is 25.4 Å². The number of carbonyl (C=O) groups excluding carboxylic acids is 1. The molecule has 1 saturated heterocycles. The molecular weight excluding hydrogens is 444 g/mol. The van der Waals surface area contributed by atoms with E-state index in [9.17, 15) is 13.2 Å². The number of ether oxygens (including phenoxy) is 1. The summed E-state index contributed by atoms with van der Waals surface area (Å²) in [5.74, 6) is 0.676. The third kappa shape index (κ3) is 5.24. The number of benzene rings is 1. The van der Waals surface area contributed by atoms with Gasteiger partial charge in [0.1, 0.15) is 17.7 Å². The largest absolute Gasteiger partial charge is 0.444 e. The van der Waals surface area contributed by atoms with Crippen LogP contribution in [-0.4, -0.2) is 70.1 Å². The van der Waals surface area contributed by atoms with Crippen LogP contribution in [0.4, 0.5) is 10.6 Å². The molecule has 1 aliphatic rings. The van der Waals surface area contributed by atoms with E-state index in [4.69, 9.17) is 4.74 Å². The second kappa shape index (κ2) is 8.62. The Balaban J connectivity index is 1.47. The van der Waals surface area contributed by atoms with Crippen LogP contribution in [-0.2, 0) is 14.6 Å². The number of carbonyl (C=O) groups is 1. The van der Waals surface area contributed by atoms with Gasteiger partial charge >= 0.3 is 6.09 Å². The van der Waals surface area contributed by atoms with E-state index in [-0.39, 0.29) is 17.0 Å². The lowest BCUT2D eigenvalue weighted by Crippen LogP contribution is -2.44. The van der Waals surface area contributed by atoms with Crippen molar-refractivity contribution in [3.8, 4) is 5.69 Å². The van der Waals surface area contributed by atoms with Gasteiger partial charge in [0.15, 0.2) is 15.5 Å². The Labute approximate surface area is 192 Å². The van der Waals surface area contributed by atoms with E-state index >= 15 is 0 Å². The number of fused-ring (bicyclic) bond motifs is 1. The first-order valence-corrected chi connectivity index (χ1v) is 12.6. The summed E-state index contributed by atoms with van der Waals surface area (Å²) in [7, 11) is -3.27. The molecule has 0 saturated carbocycles. The molecule has 0 bridgehead atoms. The highest BCUT2D eigenvalue weighted by Gasteiger charge is 2.27. The average Bonchev–Trinajstić information content (AvgIpc) is 3.18. The van der Waals surface area contributed by atoms with Crippen molar-refractivity contribution in [3.05, 3.63) is 36.8 Å². The van der Waals surface area contributed by atoms with E-state index in [2.05, 4.69) is 20.4 Å². The lowest BCUT2D eigenvalue weighted by molar-refractivity contribution is 0.0210. The van der Waals surface area contributed by atoms with Crippen molar-refractivity contribution < 1.29 is 17.9 Å². The molecule has 4 rings (SSSR count). The van der Waals surface area contributed by atoms with Crippen LogP contribution >= 0.6 is 0 Å². The number of sulfone groups is 1. The normalized spacial score (nSPS) is 15.6. The molecule has 176 valence electrons. The molecule has 1 fully saturated rings. The van der Waals surface area contributed by atoms with Crippen molar-refractivity contribution in [3.63, 3.8) is 0 Å². The van der Waals surface area contributed by atoms with Gasteiger partial charge in [-0.25, -0.2) is 27.9 Å². The molecule has 0 atom stereocenters. The number of amides is 1. The molecule has 0 unspecified atom stereocenters. The van der Waals surface area contributed by atoms with Gasteiger partial charge in [-0.1, -0.05) is 0 Å². The van der Waals surface area contributed by atoms with Crippen molar-refractivity contribution in [1.82, 2.24) is 24.6 Å². The molecule has 33 heavy (non-hydrogen) atoms. The van der Waals surface area contributed by atoms with Gasteiger partial charge in [-0.3, -0.25) is 0 Å². The number of anilines is 1. The van der Waals surface area contributed by atoms with Gasteiger partial charge in [-0.2, -0.15) is 5.10 Å². The third-order valence-electron chi connectivity index (χ3n) is 5.36. The second-order valence-corrected chi connectivity index (χ2v) is 11.2. The summed E-state index contributed by atoms with van der Waals surface area (Å²) in [6, 6.07) is 6.65. The molecule has 10 nitrogen and oxygen atoms in total. The van der Waals surface area contributed by atoms with E-state index < -0.39 is 15.4 Å². The van der Waals surface area contributed by atoms with Gasteiger partial charge in [0.05, 0.1) is 22.2 Å². The van der Waals surface area contributed by atoms with Crippen LogP contribution < -0.4 is 5.32 Å². The number of nitrogens with one attached hydrogen (secondary N) is 1. The Kier molecular flexibility index (Phi) is 6.00. The molecular formula is C22H28N6O4S. The van der Waals surface area contributed by atoms with Crippen molar-refractivity contribution in [1.29, 1.82) is 0 Å². The van der Waals surface area contributed by atoms with Gasteiger partial charge in [0.25, 0.3) is 0 Å². The molecule has 1 aliphatic heterocycles. The van der Waals surface area contributed by atoms with Crippen molar-refractivity contribution in [2.75, 3.05) is 24.7 Å². The minimum absolute atomic E-state index is 0.152. The summed E-state index contributed by atoms with van der Waals surface area (Å²) >= 11 is 0. The Hall–Kier alpha value is -3.21. The first kappa shape index (κ1) is 23.0. The minimum Gasteiger partial charge on any atom is -0.444 e. The van der Waals surface area contributed by atoms with Crippen LogP contribution in [0.3, 0.4) is 0 Å². The van der Waals surface area contributed by atoms with Gasteiger partial charge in [-0.05, 0) is 57.9 Å². The Bertz CT molecular complexity index is 1260. The zero-order chi connectivity index (χ0) is 23.8. The minimum atomic E-state index is -3.27. The standard InChI is InChI=1S/C22H28N6O4S/c1-22(2,3)32-21(29)27-11-9-15(10-12-27)26-19-18-13-25-28(20(18)24-14-23-19)16-5-7-17(8-6-16)33(4,30)31/h5-8,13-15H,9-12H2,1-4H3,(H,23,24,26). The quantitative estimate of drug-likeness (QED) is 0.615. The average molecular weight is 473 g/mol. The number of aromatic nitrogens is 4. The maximum atomic E-state index is 12.3. The van der Waals surface area contributed by atoms with Crippen LogP contribution in [0.5, 0.6) is 0 Å². The number of rotatable bonds is 4. The highest BCUT2D eigenvalue weighted by molar-refractivity contribution is 7.90. The van der Waals surface area contributed by atoms with Crippen LogP contribution in [0.2, 0.25) is 0 Å². The SMILES string of the molecule is CC(C)(C)OC(=O)N1CCC(Nc2ncnc3c2cnn3-c2ccc(S(C)(=O)=O)cc2)CC1. The maximum Gasteiger partial charge on any atom is 0.410 e. The number of likely N-dealkylation sites (tertiary alicyclic amines) is 1. The highest BCUT2D eigenvalue weighted by Crippen LogP contribution is 2.25. The fourth-order valence-electron chi connectivity index (χ4n) is 3.71. The van der Waals surface area contributed by atoms with E-state index in [0.29, 0.717) is 30.2 Å². The number of piperidine rings is 1. The Morgan fingerprint density at radius 3 is 2.39 bits per heavy atom. The summed E-state index contributed by atoms with van der Waals surface area (Å²) < 4.78 is 30.5. The Morgan fingerprint density at radius 1 is 1.12 bits per heavy atom. The molecule has 3 heterocycles. The molecule has 3 aromatic rings. The van der Waals surface area contributed by atoms with Crippen molar-refractivity contribution in [2.45, 2.75) is 50.2 Å². The predicted molar refractivity (Wildman–Crippen MR) is 124 cm³/mol. The highest BCUT2D eigenvalue weighted by atomic mass is 32.2. The summed E-state index contributed by atoms with van der Waals surface area (Å²) in [4.78, 5) is 23.0. The van der Waals surface area contributed by atoms with Crippen molar-refractivity contribution >= 4 is 32.8 Å².